The number of aliphatic carboxylic acids is 1. The topological polar surface area (TPSA) is 98.2 Å². The number of hydrogen-bond acceptors (Lipinski definition) is 5. The molecule has 3 aliphatic rings. The van der Waals surface area contributed by atoms with Crippen LogP contribution in [0.25, 0.3) is 0 Å². The van der Waals surface area contributed by atoms with Gasteiger partial charge in [0.05, 0.1) is 29.2 Å². The fraction of sp³-hybridized carbons (Fsp3) is 0.750. The number of nitrogens with zero attached hydrogens (tertiary/aromatic N) is 2. The molecule has 28 heavy (non-hydrogen) atoms. The highest BCUT2D eigenvalue weighted by Crippen LogP contribution is 2.66. The first-order valence-electron chi connectivity index (χ1n) is 9.77. The second-order valence-corrected chi connectivity index (χ2v) is 10.7. The SMILES string of the molecule is C=CCN(C(=O)C1N([C@H](C)CO)C(=O)[C@@H]2[C@@H](C(=O)O)[C@H]3CCC12S3)C(C)(C)C. The van der Waals surface area contributed by atoms with Crippen molar-refractivity contribution in [1.29, 1.82) is 0 Å². The Kier molecular flexibility index (Phi) is 5.34. The molecule has 2 N–H and O–H groups in total. The normalized spacial score (nSPS) is 35.0. The van der Waals surface area contributed by atoms with E-state index >= 15 is 0 Å². The van der Waals surface area contributed by atoms with Gasteiger partial charge in [0.2, 0.25) is 11.8 Å². The highest BCUT2D eigenvalue weighted by Gasteiger charge is 2.74. The number of rotatable bonds is 6. The van der Waals surface area contributed by atoms with Crippen molar-refractivity contribution in [3.05, 3.63) is 12.7 Å². The van der Waals surface area contributed by atoms with Crippen LogP contribution in [0.3, 0.4) is 0 Å². The number of aliphatic hydroxyl groups is 1. The monoisotopic (exact) mass is 410 g/mol. The van der Waals surface area contributed by atoms with E-state index in [9.17, 15) is 24.6 Å². The van der Waals surface area contributed by atoms with Crippen LogP contribution >= 0.6 is 11.8 Å². The summed E-state index contributed by atoms with van der Waals surface area (Å²) in [7, 11) is 0. The van der Waals surface area contributed by atoms with E-state index in [-0.39, 0.29) is 23.7 Å². The lowest BCUT2D eigenvalue weighted by Crippen LogP contribution is -2.60. The van der Waals surface area contributed by atoms with Crippen LogP contribution in [0.1, 0.15) is 40.5 Å². The molecule has 8 heteroatoms. The average molecular weight is 411 g/mol. The summed E-state index contributed by atoms with van der Waals surface area (Å²) >= 11 is 1.51. The van der Waals surface area contributed by atoms with Gasteiger partial charge in [-0.1, -0.05) is 6.08 Å². The molecular weight excluding hydrogens is 380 g/mol. The van der Waals surface area contributed by atoms with Crippen LogP contribution in [-0.4, -0.2) is 78.6 Å². The maximum atomic E-state index is 13.8. The van der Waals surface area contributed by atoms with Gasteiger partial charge >= 0.3 is 5.97 Å². The molecule has 2 amide bonds. The van der Waals surface area contributed by atoms with E-state index in [1.807, 2.05) is 20.8 Å². The van der Waals surface area contributed by atoms with Crippen molar-refractivity contribution in [3.63, 3.8) is 0 Å². The number of amides is 2. The molecule has 1 spiro atoms. The highest BCUT2D eigenvalue weighted by atomic mass is 32.2. The van der Waals surface area contributed by atoms with Gasteiger partial charge < -0.3 is 20.0 Å². The fourth-order valence-corrected chi connectivity index (χ4v) is 7.38. The smallest absolute Gasteiger partial charge is 0.308 e. The Morgan fingerprint density at radius 2 is 2.11 bits per heavy atom. The largest absolute Gasteiger partial charge is 0.481 e. The summed E-state index contributed by atoms with van der Waals surface area (Å²) < 4.78 is -0.740. The van der Waals surface area contributed by atoms with Crippen molar-refractivity contribution in [3.8, 4) is 0 Å². The Labute approximate surface area is 170 Å². The number of carboxylic acids is 1. The Hall–Kier alpha value is -1.54. The summed E-state index contributed by atoms with van der Waals surface area (Å²) in [6.45, 7) is 11.3. The number of carbonyl (C=O) groups is 3. The van der Waals surface area contributed by atoms with Crippen LogP contribution in [0.5, 0.6) is 0 Å². The van der Waals surface area contributed by atoms with Crippen molar-refractivity contribution in [1.82, 2.24) is 9.80 Å². The summed E-state index contributed by atoms with van der Waals surface area (Å²) in [5.74, 6) is -2.97. The van der Waals surface area contributed by atoms with Gasteiger partial charge in [-0.25, -0.2) is 0 Å². The zero-order valence-corrected chi connectivity index (χ0v) is 17.7. The molecule has 0 aromatic carbocycles. The lowest BCUT2D eigenvalue weighted by molar-refractivity contribution is -0.150. The minimum absolute atomic E-state index is 0.143. The zero-order valence-electron chi connectivity index (χ0n) is 16.9. The molecule has 2 bridgehead atoms. The van der Waals surface area contributed by atoms with E-state index in [0.29, 0.717) is 19.4 Å². The molecule has 0 radical (unpaired) electrons. The second kappa shape index (κ2) is 7.06. The van der Waals surface area contributed by atoms with Crippen LogP contribution < -0.4 is 0 Å². The molecule has 0 aromatic heterocycles. The molecule has 2 unspecified atom stereocenters. The van der Waals surface area contributed by atoms with Gasteiger partial charge in [-0.3, -0.25) is 14.4 Å². The molecule has 3 fully saturated rings. The van der Waals surface area contributed by atoms with Crippen LogP contribution in [-0.2, 0) is 14.4 Å². The van der Waals surface area contributed by atoms with E-state index in [1.165, 1.54) is 16.7 Å². The summed E-state index contributed by atoms with van der Waals surface area (Å²) in [6, 6.07) is -1.33. The lowest BCUT2D eigenvalue weighted by Gasteiger charge is -2.43. The molecule has 3 rings (SSSR count). The first kappa shape index (κ1) is 21.2. The average Bonchev–Trinajstić information content (AvgIpc) is 3.24. The number of hydrogen-bond donors (Lipinski definition) is 2. The van der Waals surface area contributed by atoms with Crippen molar-refractivity contribution in [2.75, 3.05) is 13.2 Å². The number of likely N-dealkylation sites (tertiary alicyclic amines) is 1. The molecule has 3 aliphatic heterocycles. The summed E-state index contributed by atoms with van der Waals surface area (Å²) in [5.41, 5.74) is -0.482. The maximum Gasteiger partial charge on any atom is 0.308 e. The van der Waals surface area contributed by atoms with Crippen LogP contribution in [0.15, 0.2) is 12.7 Å². The van der Waals surface area contributed by atoms with E-state index in [1.54, 1.807) is 17.9 Å². The standard InChI is InChI=1S/C20H30N2O5S/c1-6-9-21(19(3,4)5)17(25)15-20-8-7-12(28-20)13(18(26)27)14(20)16(24)22(15)11(2)10-23/h6,11-15,23H,1,7-10H2,2-5H3,(H,26,27)/t11-,12-,13+,14+,15?,20?/m1/s1. The minimum Gasteiger partial charge on any atom is -0.481 e. The molecule has 6 atom stereocenters. The maximum absolute atomic E-state index is 13.8. The molecule has 0 aromatic rings. The van der Waals surface area contributed by atoms with E-state index in [0.717, 1.165) is 0 Å². The number of carboxylic acid groups (broad SMARTS) is 1. The predicted octanol–water partition coefficient (Wildman–Crippen LogP) is 1.36. The predicted molar refractivity (Wildman–Crippen MR) is 107 cm³/mol. The van der Waals surface area contributed by atoms with Crippen molar-refractivity contribution >= 4 is 29.5 Å². The quantitative estimate of drug-likeness (QED) is 0.642. The molecule has 0 saturated carbocycles. The van der Waals surface area contributed by atoms with Crippen LogP contribution in [0.4, 0.5) is 0 Å². The van der Waals surface area contributed by atoms with E-state index < -0.39 is 40.2 Å². The zero-order chi connectivity index (χ0) is 21.0. The van der Waals surface area contributed by atoms with Crippen molar-refractivity contribution in [2.45, 2.75) is 68.2 Å². The Morgan fingerprint density at radius 3 is 2.61 bits per heavy atom. The Morgan fingerprint density at radius 1 is 1.46 bits per heavy atom. The van der Waals surface area contributed by atoms with Gasteiger partial charge in [0.15, 0.2) is 0 Å². The first-order valence-corrected chi connectivity index (χ1v) is 10.6. The summed E-state index contributed by atoms with van der Waals surface area (Å²) in [4.78, 5) is 42.3. The van der Waals surface area contributed by atoms with Gasteiger partial charge in [-0.2, -0.15) is 0 Å². The molecule has 3 heterocycles. The van der Waals surface area contributed by atoms with Gasteiger partial charge in [-0.05, 0) is 40.5 Å². The molecule has 7 nitrogen and oxygen atoms in total. The molecule has 3 saturated heterocycles. The Balaban J connectivity index is 2.11. The van der Waals surface area contributed by atoms with Crippen LogP contribution in [0, 0.1) is 11.8 Å². The molecular formula is C20H30N2O5S. The fourth-order valence-electron chi connectivity index (χ4n) is 5.19. The third-order valence-electron chi connectivity index (χ3n) is 6.38. The third-order valence-corrected chi connectivity index (χ3v) is 8.34. The number of carbonyl (C=O) groups excluding carboxylic acids is 2. The summed E-state index contributed by atoms with van der Waals surface area (Å²) in [5, 5.41) is 19.4. The number of fused-ring (bicyclic) bond motifs is 1. The summed E-state index contributed by atoms with van der Waals surface area (Å²) in [6.07, 6.45) is 2.99. The minimum atomic E-state index is -0.971. The number of aliphatic hydroxyl groups excluding tert-OH is 1. The van der Waals surface area contributed by atoms with Gasteiger partial charge in [0, 0.05) is 17.3 Å². The van der Waals surface area contributed by atoms with Gasteiger partial charge in [-0.15, -0.1) is 18.3 Å². The second-order valence-electron chi connectivity index (χ2n) is 9.08. The van der Waals surface area contributed by atoms with Gasteiger partial charge in [0.1, 0.15) is 6.04 Å². The number of thioether (sulfide) groups is 1. The van der Waals surface area contributed by atoms with E-state index in [2.05, 4.69) is 6.58 Å². The highest BCUT2D eigenvalue weighted by molar-refractivity contribution is 8.02. The Bertz CT molecular complexity index is 705. The van der Waals surface area contributed by atoms with Crippen LogP contribution in [0.2, 0.25) is 0 Å². The van der Waals surface area contributed by atoms with Gasteiger partial charge in [0.25, 0.3) is 0 Å². The first-order chi connectivity index (χ1) is 13.0. The third kappa shape index (κ3) is 2.87. The van der Waals surface area contributed by atoms with Crippen molar-refractivity contribution in [2.24, 2.45) is 11.8 Å². The molecule has 0 aliphatic carbocycles. The lowest BCUT2D eigenvalue weighted by atomic mass is 9.71. The van der Waals surface area contributed by atoms with Crippen molar-refractivity contribution < 1.29 is 24.6 Å². The van der Waals surface area contributed by atoms with E-state index in [4.69, 9.17) is 0 Å². The molecule has 156 valence electrons.